The second-order valence-electron chi connectivity index (χ2n) is 6.00. The molecule has 0 aliphatic carbocycles. The summed E-state index contributed by atoms with van der Waals surface area (Å²) in [6, 6.07) is 0. The van der Waals surface area contributed by atoms with Gasteiger partial charge in [0.05, 0.1) is 24.6 Å². The van der Waals surface area contributed by atoms with Crippen LogP contribution in [0.3, 0.4) is 0 Å². The van der Waals surface area contributed by atoms with Crippen molar-refractivity contribution in [3.8, 4) is 0 Å². The molecule has 0 saturated carbocycles. The zero-order valence-corrected chi connectivity index (χ0v) is 13.8. The molecule has 0 radical (unpaired) electrons. The summed E-state index contributed by atoms with van der Waals surface area (Å²) in [4.78, 5) is 0. The first-order valence-electron chi connectivity index (χ1n) is 8.75. The highest BCUT2D eigenvalue weighted by molar-refractivity contribution is 5.02. The average Bonchev–Trinajstić information content (AvgIpc) is 2.41. The van der Waals surface area contributed by atoms with Gasteiger partial charge in [0.2, 0.25) is 0 Å². The van der Waals surface area contributed by atoms with E-state index in [9.17, 15) is 0 Å². The largest absolute Gasteiger partial charge is 0.498 e. The molecule has 0 bridgehead atoms. The topological polar surface area (TPSA) is 18.5 Å². The first kappa shape index (κ1) is 17.6. The first-order chi connectivity index (χ1) is 9.76. The molecule has 0 N–H and O–H groups in total. The number of hydrogen-bond donors (Lipinski definition) is 0. The molecule has 1 aliphatic heterocycles. The lowest BCUT2D eigenvalue weighted by Crippen LogP contribution is -2.25. The molecule has 0 aromatic carbocycles. The van der Waals surface area contributed by atoms with Gasteiger partial charge in [0.15, 0.2) is 0 Å². The number of rotatable bonds is 11. The van der Waals surface area contributed by atoms with E-state index in [1.54, 1.807) is 0 Å². The molecule has 1 aliphatic rings. The van der Waals surface area contributed by atoms with Gasteiger partial charge in [-0.2, -0.15) is 0 Å². The maximum atomic E-state index is 5.97. The van der Waals surface area contributed by atoms with E-state index in [2.05, 4.69) is 26.8 Å². The second-order valence-corrected chi connectivity index (χ2v) is 6.00. The molecule has 0 unspecified atom stereocenters. The monoisotopic (exact) mass is 282 g/mol. The van der Waals surface area contributed by atoms with Crippen molar-refractivity contribution in [3.63, 3.8) is 0 Å². The summed E-state index contributed by atoms with van der Waals surface area (Å²) in [6.07, 6.45) is 15.9. The van der Waals surface area contributed by atoms with E-state index >= 15 is 0 Å². The zero-order valence-electron chi connectivity index (χ0n) is 13.8. The summed E-state index contributed by atoms with van der Waals surface area (Å²) in [5, 5.41) is 0. The summed E-state index contributed by atoms with van der Waals surface area (Å²) in [5.41, 5.74) is 0. The Hall–Kier alpha value is -0.500. The highest BCUT2D eigenvalue weighted by atomic mass is 16.5. The Kier molecular flexibility index (Phi) is 9.82. The van der Waals surface area contributed by atoms with Crippen LogP contribution in [0.1, 0.15) is 85.0 Å². The predicted molar refractivity (Wildman–Crippen MR) is 85.9 cm³/mol. The van der Waals surface area contributed by atoms with Crippen molar-refractivity contribution in [3.05, 3.63) is 11.8 Å². The molecule has 2 heteroatoms. The minimum atomic E-state index is 0.212. The molecule has 0 amide bonds. The highest BCUT2D eigenvalue weighted by Gasteiger charge is 2.20. The SMILES string of the molecule is CCCCCCCCCC[C@@H]1CC(OCC)=C[C@H](C)O1. The van der Waals surface area contributed by atoms with Crippen molar-refractivity contribution in [2.75, 3.05) is 6.61 Å². The van der Waals surface area contributed by atoms with Gasteiger partial charge in [-0.15, -0.1) is 0 Å². The summed E-state index contributed by atoms with van der Waals surface area (Å²) < 4.78 is 11.6. The van der Waals surface area contributed by atoms with Crippen molar-refractivity contribution in [1.29, 1.82) is 0 Å². The lowest BCUT2D eigenvalue weighted by Gasteiger charge is -2.27. The third kappa shape index (κ3) is 7.94. The van der Waals surface area contributed by atoms with Gasteiger partial charge < -0.3 is 9.47 Å². The van der Waals surface area contributed by atoms with E-state index in [1.165, 1.54) is 57.8 Å². The Balaban J connectivity index is 2.03. The lowest BCUT2D eigenvalue weighted by molar-refractivity contribution is -0.00991. The fourth-order valence-electron chi connectivity index (χ4n) is 2.91. The fourth-order valence-corrected chi connectivity index (χ4v) is 2.91. The average molecular weight is 282 g/mol. The maximum absolute atomic E-state index is 5.97. The van der Waals surface area contributed by atoms with Gasteiger partial charge in [-0.05, 0) is 26.3 Å². The van der Waals surface area contributed by atoms with Crippen LogP contribution in [0.25, 0.3) is 0 Å². The van der Waals surface area contributed by atoms with E-state index in [0.29, 0.717) is 6.10 Å². The molecule has 0 spiro atoms. The molecule has 0 fully saturated rings. The number of hydrogen-bond acceptors (Lipinski definition) is 2. The molecule has 2 atom stereocenters. The Morgan fingerprint density at radius 3 is 2.35 bits per heavy atom. The van der Waals surface area contributed by atoms with E-state index in [1.807, 2.05) is 0 Å². The Labute approximate surface area is 125 Å². The first-order valence-corrected chi connectivity index (χ1v) is 8.75. The molecule has 0 aromatic rings. The van der Waals surface area contributed by atoms with Crippen LogP contribution in [-0.2, 0) is 9.47 Å². The molecule has 2 nitrogen and oxygen atoms in total. The van der Waals surface area contributed by atoms with Crippen molar-refractivity contribution >= 4 is 0 Å². The quantitative estimate of drug-likeness (QED) is 0.458. The molecular formula is C18H34O2. The fraction of sp³-hybridized carbons (Fsp3) is 0.889. The van der Waals surface area contributed by atoms with Crippen LogP contribution in [0, 0.1) is 0 Å². The molecule has 0 saturated heterocycles. The van der Waals surface area contributed by atoms with Gasteiger partial charge in [0, 0.05) is 6.42 Å². The van der Waals surface area contributed by atoms with Crippen molar-refractivity contribution < 1.29 is 9.47 Å². The third-order valence-corrected chi connectivity index (χ3v) is 3.97. The van der Waals surface area contributed by atoms with Crippen LogP contribution in [0.5, 0.6) is 0 Å². The van der Waals surface area contributed by atoms with Crippen LogP contribution < -0.4 is 0 Å². The Bertz CT molecular complexity index is 260. The van der Waals surface area contributed by atoms with E-state index in [-0.39, 0.29) is 6.10 Å². The van der Waals surface area contributed by atoms with Gasteiger partial charge >= 0.3 is 0 Å². The summed E-state index contributed by atoms with van der Waals surface area (Å²) in [6.45, 7) is 7.20. The van der Waals surface area contributed by atoms with Gasteiger partial charge in [0.25, 0.3) is 0 Å². The van der Waals surface area contributed by atoms with Crippen LogP contribution in [0.2, 0.25) is 0 Å². The molecule has 20 heavy (non-hydrogen) atoms. The number of ether oxygens (including phenoxy) is 2. The van der Waals surface area contributed by atoms with Crippen LogP contribution in [0.4, 0.5) is 0 Å². The normalized spacial score (nSPS) is 22.6. The zero-order chi connectivity index (χ0) is 14.6. The van der Waals surface area contributed by atoms with Gasteiger partial charge in [-0.1, -0.05) is 58.3 Å². The van der Waals surface area contributed by atoms with Crippen LogP contribution >= 0.6 is 0 Å². The highest BCUT2D eigenvalue weighted by Crippen LogP contribution is 2.24. The lowest BCUT2D eigenvalue weighted by atomic mass is 10.0. The molecular weight excluding hydrogens is 248 g/mol. The minimum absolute atomic E-state index is 0.212. The molecule has 0 aromatic heterocycles. The van der Waals surface area contributed by atoms with Gasteiger partial charge in [-0.3, -0.25) is 0 Å². The molecule has 118 valence electrons. The van der Waals surface area contributed by atoms with Gasteiger partial charge in [0.1, 0.15) is 0 Å². The van der Waals surface area contributed by atoms with Crippen molar-refractivity contribution in [2.24, 2.45) is 0 Å². The third-order valence-electron chi connectivity index (χ3n) is 3.97. The predicted octanol–water partition coefficient (Wildman–Crippen LogP) is 5.62. The van der Waals surface area contributed by atoms with E-state index in [4.69, 9.17) is 9.47 Å². The van der Waals surface area contributed by atoms with E-state index in [0.717, 1.165) is 18.8 Å². The molecule has 1 rings (SSSR count). The Morgan fingerprint density at radius 2 is 1.70 bits per heavy atom. The van der Waals surface area contributed by atoms with Crippen molar-refractivity contribution in [2.45, 2.75) is 97.2 Å². The van der Waals surface area contributed by atoms with Gasteiger partial charge in [-0.25, -0.2) is 0 Å². The summed E-state index contributed by atoms with van der Waals surface area (Å²) >= 11 is 0. The van der Waals surface area contributed by atoms with E-state index < -0.39 is 0 Å². The minimum Gasteiger partial charge on any atom is -0.498 e. The van der Waals surface area contributed by atoms with Crippen molar-refractivity contribution in [1.82, 2.24) is 0 Å². The second kappa shape index (κ2) is 11.2. The van der Waals surface area contributed by atoms with Crippen LogP contribution in [0.15, 0.2) is 11.8 Å². The summed E-state index contributed by atoms with van der Waals surface area (Å²) in [7, 11) is 0. The maximum Gasteiger partial charge on any atom is 0.0971 e. The Morgan fingerprint density at radius 1 is 1.05 bits per heavy atom. The standard InChI is InChI=1S/C18H34O2/c1-4-6-7-8-9-10-11-12-13-17-15-18(19-5-2)14-16(3)20-17/h14,16-17H,4-13,15H2,1-3H3/t16-,17+/m0/s1. The summed E-state index contributed by atoms with van der Waals surface area (Å²) in [5.74, 6) is 1.14. The number of unbranched alkanes of at least 4 members (excludes halogenated alkanes) is 7. The molecule has 1 heterocycles. The smallest absolute Gasteiger partial charge is 0.0971 e. The van der Waals surface area contributed by atoms with Crippen LogP contribution in [-0.4, -0.2) is 18.8 Å².